The minimum atomic E-state index is -4.98. The zero-order chi connectivity index (χ0) is 18.4. The van der Waals surface area contributed by atoms with Crippen LogP contribution in [-0.2, 0) is 14.4 Å². The topological polar surface area (TPSA) is 0 Å². The van der Waals surface area contributed by atoms with Gasteiger partial charge in [0.25, 0.3) is 0 Å². The Morgan fingerprint density at radius 2 is 1.04 bits per heavy atom. The van der Waals surface area contributed by atoms with Gasteiger partial charge in [0.2, 0.25) is 0 Å². The third kappa shape index (κ3) is 1.78. The van der Waals surface area contributed by atoms with Crippen molar-refractivity contribution in [3.8, 4) is 0 Å². The molecule has 0 saturated heterocycles. The average molecular weight is 436 g/mol. The van der Waals surface area contributed by atoms with Crippen LogP contribution < -0.4 is 6.54 Å². The maximum absolute atomic E-state index is 4.98. The molecule has 0 fully saturated rings. The van der Waals surface area contributed by atoms with Crippen LogP contribution in [0.1, 0.15) is 12.8 Å². The van der Waals surface area contributed by atoms with Crippen molar-refractivity contribution < 1.29 is 14.4 Å². The Labute approximate surface area is 153 Å². The second-order valence-electron chi connectivity index (χ2n) is 10.0. The molecule has 0 saturated carbocycles. The van der Waals surface area contributed by atoms with Crippen molar-refractivity contribution in [1.29, 1.82) is 0 Å². The van der Waals surface area contributed by atoms with Gasteiger partial charge in [0, 0.05) is 0 Å². The molecule has 0 amide bonds. The van der Waals surface area contributed by atoms with Gasteiger partial charge in [0.15, 0.2) is 0 Å². The Hall–Kier alpha value is -1.50. The van der Waals surface area contributed by atoms with E-state index in [1.54, 1.807) is 6.56 Å². The zero-order valence-corrected chi connectivity index (χ0v) is 19.7. The molecular weight excluding hydrogens is 408 g/mol. The van der Waals surface area contributed by atoms with Crippen LogP contribution in [0.3, 0.4) is 0 Å². The van der Waals surface area contributed by atoms with Crippen molar-refractivity contribution in [2.24, 2.45) is 0 Å². The minimum absolute atomic E-state index is 1.04. The number of hydrogen-bond donors (Lipinski definition) is 0. The number of benzene rings is 2. The summed E-state index contributed by atoms with van der Waals surface area (Å²) < 4.78 is 11.6. The molecule has 0 spiro atoms. The Kier molecular flexibility index (Phi) is 3.34. The average Bonchev–Trinajstić information content (AvgIpc) is 3.39. The molecule has 2 aromatic carbocycles. The van der Waals surface area contributed by atoms with E-state index in [9.17, 15) is 0 Å². The summed E-state index contributed by atoms with van der Waals surface area (Å²) >= 11 is -4.98. The fraction of sp³-hybridized carbons (Fsp3) is 0.167. The SMILES string of the molecule is [CH3][Zr]([CH3])(=[SiH2])([C]1=CC=CC1)([C]1=CC=CC1)([c]1ccccc1)[c]1ccccc1. The van der Waals surface area contributed by atoms with Gasteiger partial charge >= 0.3 is 154 Å². The van der Waals surface area contributed by atoms with E-state index in [0.717, 1.165) is 12.8 Å². The fourth-order valence-electron chi connectivity index (χ4n) is 5.85. The number of rotatable bonds is 4. The Morgan fingerprint density at radius 3 is 1.35 bits per heavy atom. The molecule has 0 aromatic heterocycles. The van der Waals surface area contributed by atoms with Gasteiger partial charge in [0.05, 0.1) is 0 Å². The van der Waals surface area contributed by atoms with E-state index in [2.05, 4.69) is 113 Å². The normalized spacial score (nSPS) is 20.6. The van der Waals surface area contributed by atoms with Crippen LogP contribution in [0.25, 0.3) is 0 Å². The monoisotopic (exact) mass is 434 g/mol. The molecule has 0 nitrogen and oxygen atoms in total. The van der Waals surface area contributed by atoms with Gasteiger partial charge in [-0.2, -0.15) is 0 Å². The first-order valence-corrected chi connectivity index (χ1v) is 25.4. The third-order valence-corrected chi connectivity index (χ3v) is 47.1. The maximum atomic E-state index is 2.66. The Balaban J connectivity index is 2.35. The fourth-order valence-corrected chi connectivity index (χ4v) is 33.8. The molecule has 26 heavy (non-hydrogen) atoms. The van der Waals surface area contributed by atoms with Gasteiger partial charge in [-0.3, -0.25) is 0 Å². The van der Waals surface area contributed by atoms with Crippen molar-refractivity contribution in [2.75, 3.05) is 0 Å². The van der Waals surface area contributed by atoms with Gasteiger partial charge in [-0.15, -0.1) is 0 Å². The summed E-state index contributed by atoms with van der Waals surface area (Å²) in [5, 5.41) is 0. The molecule has 2 aromatic rings. The standard InChI is InChI=1S/2C6H5.2C5H5.2CH3.H2Si.Zr/c2*1-2-4-6-5-3-1;2*1-2-4-5-3-1;;;;/h2*1-5H;2*1-3H,4H2;2*1H3;1H2;. The van der Waals surface area contributed by atoms with Gasteiger partial charge in [-0.05, 0) is 0 Å². The molecule has 4 rings (SSSR count). The van der Waals surface area contributed by atoms with E-state index in [4.69, 9.17) is 0 Å². The van der Waals surface area contributed by atoms with Crippen LogP contribution in [0.4, 0.5) is 0 Å². The van der Waals surface area contributed by atoms with Gasteiger partial charge in [0.1, 0.15) is 0 Å². The van der Waals surface area contributed by atoms with E-state index in [1.807, 2.05) is 0 Å². The number of hydrogen-bond acceptors (Lipinski definition) is 0. The zero-order valence-electron chi connectivity index (χ0n) is 15.9. The second-order valence-corrected chi connectivity index (χ2v) is 55.7. The predicted octanol–water partition coefficient (Wildman–Crippen LogP) is 4.73. The van der Waals surface area contributed by atoms with Crippen LogP contribution in [0.5, 0.6) is 0 Å². The van der Waals surface area contributed by atoms with Gasteiger partial charge in [-0.25, -0.2) is 0 Å². The molecule has 0 unspecified atom stereocenters. The summed E-state index contributed by atoms with van der Waals surface area (Å²) in [7, 11) is 0. The van der Waals surface area contributed by atoms with Crippen LogP contribution >= 0.6 is 0 Å². The van der Waals surface area contributed by atoms with Crippen molar-refractivity contribution in [3.63, 3.8) is 0 Å². The first-order valence-electron chi connectivity index (χ1n) is 9.61. The number of allylic oxidation sites excluding steroid dienone is 8. The summed E-state index contributed by atoms with van der Waals surface area (Å²) in [5.41, 5.74) is 0. The first kappa shape index (κ1) is 17.9. The molecule has 0 heterocycles. The summed E-state index contributed by atoms with van der Waals surface area (Å²) in [5.74, 6) is 0. The molecule has 0 atom stereocenters. The third-order valence-electron chi connectivity index (χ3n) is 8.22. The molecule has 0 bridgehead atoms. The molecule has 2 heteroatoms. The molecule has 0 aliphatic heterocycles. The molecule has 2 aliphatic rings. The van der Waals surface area contributed by atoms with E-state index in [0.29, 0.717) is 0 Å². The Morgan fingerprint density at radius 1 is 0.654 bits per heavy atom. The van der Waals surface area contributed by atoms with Crippen molar-refractivity contribution in [1.82, 2.24) is 0 Å². The van der Waals surface area contributed by atoms with E-state index < -0.39 is 14.4 Å². The van der Waals surface area contributed by atoms with Crippen LogP contribution in [0, 0.1) is 0 Å². The summed E-state index contributed by atoms with van der Waals surface area (Å²) in [4.78, 5) is 0. The van der Waals surface area contributed by atoms with Crippen molar-refractivity contribution in [3.05, 3.63) is 104 Å². The van der Waals surface area contributed by atoms with E-state index in [1.165, 1.54) is 6.54 Å². The van der Waals surface area contributed by atoms with E-state index >= 15 is 0 Å². The second kappa shape index (κ2) is 4.86. The molecule has 0 radical (unpaired) electrons. The predicted molar refractivity (Wildman–Crippen MR) is 116 cm³/mol. The summed E-state index contributed by atoms with van der Waals surface area (Å²) in [6.07, 6.45) is 16.1. The first-order chi connectivity index (χ1) is 12.3. The van der Waals surface area contributed by atoms with Gasteiger partial charge < -0.3 is 0 Å². The van der Waals surface area contributed by atoms with Crippen molar-refractivity contribution >= 4 is 13.4 Å². The van der Waals surface area contributed by atoms with Crippen LogP contribution in [0.15, 0.2) is 104 Å². The quantitative estimate of drug-likeness (QED) is 0.609. The molecule has 2 aliphatic carbocycles. The molecule has 132 valence electrons. The van der Waals surface area contributed by atoms with E-state index in [-0.39, 0.29) is 0 Å². The summed E-state index contributed by atoms with van der Waals surface area (Å²) in [6.45, 7) is 2.34. The molecular formula is C24H28SiZr. The van der Waals surface area contributed by atoms with Crippen molar-refractivity contribution in [2.45, 2.75) is 22.1 Å². The summed E-state index contributed by atoms with van der Waals surface area (Å²) in [6, 6.07) is 22.7. The molecule has 0 N–H and O–H groups in total. The van der Waals surface area contributed by atoms with Crippen LogP contribution in [0.2, 0.25) is 9.26 Å². The van der Waals surface area contributed by atoms with Crippen LogP contribution in [-0.4, -0.2) is 6.88 Å². The Bertz CT molecular complexity index is 1050. The van der Waals surface area contributed by atoms with Gasteiger partial charge in [-0.1, -0.05) is 0 Å².